The van der Waals surface area contributed by atoms with Crippen LogP contribution in [-0.2, 0) is 4.74 Å². The number of ether oxygens (including phenoxy) is 1. The van der Waals surface area contributed by atoms with Crippen LogP contribution in [0.3, 0.4) is 0 Å². The Kier molecular flexibility index (Phi) is 5.04. The molecule has 5 nitrogen and oxygen atoms in total. The molecule has 0 saturated heterocycles. The molecule has 1 fully saturated rings. The lowest BCUT2D eigenvalue weighted by atomic mass is 10.1. The zero-order valence-corrected chi connectivity index (χ0v) is 14.9. The molecule has 7 heteroatoms. The predicted octanol–water partition coefficient (Wildman–Crippen LogP) is 3.82. The van der Waals surface area contributed by atoms with E-state index in [1.54, 1.807) is 7.11 Å². The molecular weight excluding hydrogens is 382 g/mol. The fourth-order valence-electron chi connectivity index (χ4n) is 2.56. The maximum absolute atomic E-state index is 12.7. The molecule has 1 aromatic carbocycles. The molecular formula is C16H17BrClN3O2. The van der Waals surface area contributed by atoms with Gasteiger partial charge in [-0.2, -0.15) is 5.10 Å². The van der Waals surface area contributed by atoms with Gasteiger partial charge in [0.1, 0.15) is 0 Å². The largest absolute Gasteiger partial charge is 0.382 e. The minimum absolute atomic E-state index is 0.217. The first-order valence-electron chi connectivity index (χ1n) is 7.39. The molecule has 0 radical (unpaired) electrons. The number of aromatic amines is 1. The molecule has 0 spiro atoms. The summed E-state index contributed by atoms with van der Waals surface area (Å²) in [5.41, 5.74) is 2.24. The van der Waals surface area contributed by atoms with E-state index in [9.17, 15) is 4.79 Å². The van der Waals surface area contributed by atoms with Gasteiger partial charge in [0, 0.05) is 17.5 Å². The fraction of sp³-hybridized carbons (Fsp3) is 0.375. The van der Waals surface area contributed by atoms with Crippen LogP contribution < -0.4 is 5.32 Å². The van der Waals surface area contributed by atoms with Gasteiger partial charge in [0.05, 0.1) is 23.9 Å². The van der Waals surface area contributed by atoms with Crippen molar-refractivity contribution in [3.05, 3.63) is 50.7 Å². The highest BCUT2D eigenvalue weighted by Crippen LogP contribution is 2.42. The Balaban J connectivity index is 1.83. The zero-order chi connectivity index (χ0) is 16.4. The fourth-order valence-corrected chi connectivity index (χ4v) is 3.20. The van der Waals surface area contributed by atoms with E-state index in [4.69, 9.17) is 16.3 Å². The van der Waals surface area contributed by atoms with Crippen molar-refractivity contribution in [2.24, 2.45) is 0 Å². The lowest BCUT2D eigenvalue weighted by Crippen LogP contribution is -2.31. The molecule has 1 heterocycles. The van der Waals surface area contributed by atoms with Crippen LogP contribution in [0, 0.1) is 0 Å². The van der Waals surface area contributed by atoms with Gasteiger partial charge < -0.3 is 10.1 Å². The summed E-state index contributed by atoms with van der Waals surface area (Å²) in [7, 11) is 1.61. The van der Waals surface area contributed by atoms with E-state index in [2.05, 4.69) is 31.4 Å². The Hall–Kier alpha value is -1.37. The quantitative estimate of drug-likeness (QED) is 0.777. The average Bonchev–Trinajstić information content (AvgIpc) is 3.29. The summed E-state index contributed by atoms with van der Waals surface area (Å²) >= 11 is 9.55. The monoisotopic (exact) mass is 397 g/mol. The highest BCUT2D eigenvalue weighted by Gasteiger charge is 2.32. The second-order valence-corrected chi connectivity index (χ2v) is 6.89. The van der Waals surface area contributed by atoms with Crippen molar-refractivity contribution in [3.63, 3.8) is 0 Å². The van der Waals surface area contributed by atoms with Crippen molar-refractivity contribution in [1.29, 1.82) is 0 Å². The Bertz CT molecular complexity index is 715. The van der Waals surface area contributed by atoms with Crippen molar-refractivity contribution in [1.82, 2.24) is 15.5 Å². The van der Waals surface area contributed by atoms with Crippen LogP contribution in [0.25, 0.3) is 0 Å². The number of nitrogens with one attached hydrogen (secondary N) is 2. The van der Waals surface area contributed by atoms with Gasteiger partial charge in [-0.05, 0) is 30.5 Å². The minimum atomic E-state index is -0.261. The average molecular weight is 399 g/mol. The lowest BCUT2D eigenvalue weighted by molar-refractivity contribution is 0.0895. The van der Waals surface area contributed by atoms with E-state index in [1.165, 1.54) is 0 Å². The number of rotatable bonds is 6. The predicted molar refractivity (Wildman–Crippen MR) is 91.8 cm³/mol. The third-order valence-electron chi connectivity index (χ3n) is 3.85. The standard InChI is InChI=1S/C16H17BrClN3O2/c1-23-8-12(10-3-2-4-11(17)7-10)19-16(22)13-14(9-5-6-9)20-21-15(13)18/h2-4,7,9,12H,5-6,8H2,1H3,(H,19,22)(H,20,21). The summed E-state index contributed by atoms with van der Waals surface area (Å²) in [6.45, 7) is 0.371. The van der Waals surface area contributed by atoms with Crippen molar-refractivity contribution in [2.75, 3.05) is 13.7 Å². The molecule has 122 valence electrons. The van der Waals surface area contributed by atoms with Crippen molar-refractivity contribution >= 4 is 33.4 Å². The second kappa shape index (κ2) is 7.03. The molecule has 1 atom stereocenters. The van der Waals surface area contributed by atoms with Crippen molar-refractivity contribution < 1.29 is 9.53 Å². The molecule has 1 saturated carbocycles. The topological polar surface area (TPSA) is 67.0 Å². The van der Waals surface area contributed by atoms with Crippen LogP contribution in [0.15, 0.2) is 28.7 Å². The Morgan fingerprint density at radius 3 is 3.00 bits per heavy atom. The number of aromatic nitrogens is 2. The molecule has 2 N–H and O–H groups in total. The van der Waals surface area contributed by atoms with Gasteiger partial charge in [-0.1, -0.05) is 39.7 Å². The van der Waals surface area contributed by atoms with E-state index >= 15 is 0 Å². The number of amides is 1. The number of carbonyl (C=O) groups excluding carboxylic acids is 1. The number of methoxy groups -OCH3 is 1. The number of H-pyrrole nitrogens is 1. The molecule has 0 aliphatic heterocycles. The van der Waals surface area contributed by atoms with Crippen LogP contribution in [0.1, 0.15) is 46.4 Å². The smallest absolute Gasteiger partial charge is 0.256 e. The molecule has 2 aromatic rings. The molecule has 1 unspecified atom stereocenters. The number of hydrogen-bond acceptors (Lipinski definition) is 3. The maximum atomic E-state index is 12.7. The summed E-state index contributed by atoms with van der Waals surface area (Å²) in [6.07, 6.45) is 2.12. The maximum Gasteiger partial charge on any atom is 0.256 e. The Labute approximate surface area is 147 Å². The number of hydrogen-bond donors (Lipinski definition) is 2. The number of benzene rings is 1. The van der Waals surface area contributed by atoms with Gasteiger partial charge in [0.2, 0.25) is 0 Å². The minimum Gasteiger partial charge on any atom is -0.382 e. The molecule has 1 aliphatic carbocycles. The third-order valence-corrected chi connectivity index (χ3v) is 4.62. The second-order valence-electron chi connectivity index (χ2n) is 5.61. The van der Waals surface area contributed by atoms with E-state index in [0.29, 0.717) is 18.1 Å². The summed E-state index contributed by atoms with van der Waals surface area (Å²) < 4.78 is 6.20. The first-order valence-corrected chi connectivity index (χ1v) is 8.56. The summed E-state index contributed by atoms with van der Waals surface area (Å²) in [6, 6.07) is 7.51. The first kappa shape index (κ1) is 16.5. The van der Waals surface area contributed by atoms with Gasteiger partial charge in [-0.25, -0.2) is 0 Å². The van der Waals surface area contributed by atoms with E-state index in [-0.39, 0.29) is 17.1 Å². The van der Waals surface area contributed by atoms with Crippen LogP contribution in [0.2, 0.25) is 5.15 Å². The van der Waals surface area contributed by atoms with E-state index < -0.39 is 0 Å². The van der Waals surface area contributed by atoms with Gasteiger partial charge in [0.15, 0.2) is 5.15 Å². The Morgan fingerprint density at radius 1 is 1.57 bits per heavy atom. The first-order chi connectivity index (χ1) is 11.1. The Morgan fingerprint density at radius 2 is 2.35 bits per heavy atom. The molecule has 1 aliphatic rings. The van der Waals surface area contributed by atoms with Crippen LogP contribution in [0.4, 0.5) is 0 Å². The van der Waals surface area contributed by atoms with Gasteiger partial charge in [0.25, 0.3) is 5.91 Å². The van der Waals surface area contributed by atoms with E-state index in [1.807, 2.05) is 24.3 Å². The van der Waals surface area contributed by atoms with Crippen LogP contribution in [0.5, 0.6) is 0 Å². The summed E-state index contributed by atoms with van der Waals surface area (Å²) in [5.74, 6) is 0.134. The molecule has 23 heavy (non-hydrogen) atoms. The molecule has 3 rings (SSSR count). The molecule has 1 aromatic heterocycles. The number of halogens is 2. The van der Waals surface area contributed by atoms with E-state index in [0.717, 1.165) is 28.6 Å². The summed E-state index contributed by atoms with van der Waals surface area (Å²) in [4.78, 5) is 12.7. The van der Waals surface area contributed by atoms with Crippen LogP contribution in [-0.4, -0.2) is 29.8 Å². The lowest BCUT2D eigenvalue weighted by Gasteiger charge is -2.19. The molecule has 1 amide bonds. The van der Waals surface area contributed by atoms with Crippen LogP contribution >= 0.6 is 27.5 Å². The SMILES string of the molecule is COCC(NC(=O)c1c(Cl)n[nH]c1C1CC1)c1cccc(Br)c1. The van der Waals surface area contributed by atoms with Crippen molar-refractivity contribution in [2.45, 2.75) is 24.8 Å². The van der Waals surface area contributed by atoms with Crippen molar-refractivity contribution in [3.8, 4) is 0 Å². The van der Waals surface area contributed by atoms with Gasteiger partial charge in [-0.3, -0.25) is 9.89 Å². The van der Waals surface area contributed by atoms with Gasteiger partial charge in [-0.15, -0.1) is 0 Å². The highest BCUT2D eigenvalue weighted by atomic mass is 79.9. The number of nitrogens with zero attached hydrogens (tertiary/aromatic N) is 1. The normalized spacial score (nSPS) is 15.4. The summed E-state index contributed by atoms with van der Waals surface area (Å²) in [5, 5.41) is 10.1. The number of carbonyl (C=O) groups is 1. The highest BCUT2D eigenvalue weighted by molar-refractivity contribution is 9.10. The third kappa shape index (κ3) is 3.76. The molecule has 0 bridgehead atoms. The van der Waals surface area contributed by atoms with Gasteiger partial charge >= 0.3 is 0 Å². The zero-order valence-electron chi connectivity index (χ0n) is 12.6.